The van der Waals surface area contributed by atoms with Crippen molar-refractivity contribution in [2.24, 2.45) is 0 Å². The number of benzene rings is 1. The van der Waals surface area contributed by atoms with Crippen LogP contribution < -0.4 is 0 Å². The van der Waals surface area contributed by atoms with Crippen LogP contribution in [0.25, 0.3) is 11.4 Å². The standard InChI is InChI=1S/C19H25FN4O2S/c1-15(25)3-2-14-27-19-22-21-18(16-4-6-17(20)7-5-16)24(19)9-8-23-10-12-26-13-11-23/h4-7H,2-3,8-14H2,1H3. The van der Waals surface area contributed by atoms with E-state index in [1.807, 2.05) is 0 Å². The van der Waals surface area contributed by atoms with E-state index in [-0.39, 0.29) is 11.6 Å². The van der Waals surface area contributed by atoms with Crippen LogP contribution in [0, 0.1) is 5.82 Å². The predicted molar refractivity (Wildman–Crippen MR) is 103 cm³/mol. The Labute approximate surface area is 163 Å². The van der Waals surface area contributed by atoms with E-state index in [0.717, 1.165) is 68.1 Å². The van der Waals surface area contributed by atoms with Gasteiger partial charge in [0.25, 0.3) is 0 Å². The minimum Gasteiger partial charge on any atom is -0.379 e. The van der Waals surface area contributed by atoms with Crippen molar-refractivity contribution in [1.82, 2.24) is 19.7 Å². The van der Waals surface area contributed by atoms with Gasteiger partial charge in [0, 0.05) is 43.9 Å². The van der Waals surface area contributed by atoms with E-state index in [0.29, 0.717) is 6.42 Å². The molecule has 0 atom stereocenters. The molecule has 1 saturated heterocycles. The van der Waals surface area contributed by atoms with Gasteiger partial charge < -0.3 is 14.1 Å². The van der Waals surface area contributed by atoms with Crippen molar-refractivity contribution in [2.45, 2.75) is 31.5 Å². The number of Topliss-reactive ketones (excluding diaryl/α,β-unsaturated/α-hetero) is 1. The van der Waals surface area contributed by atoms with Crippen LogP contribution in [-0.4, -0.2) is 64.0 Å². The number of ketones is 1. The fourth-order valence-corrected chi connectivity index (χ4v) is 3.86. The van der Waals surface area contributed by atoms with Crippen LogP contribution in [-0.2, 0) is 16.1 Å². The highest BCUT2D eigenvalue weighted by molar-refractivity contribution is 7.99. The summed E-state index contributed by atoms with van der Waals surface area (Å²) in [5, 5.41) is 9.54. The highest BCUT2D eigenvalue weighted by Crippen LogP contribution is 2.25. The Morgan fingerprint density at radius 3 is 2.63 bits per heavy atom. The topological polar surface area (TPSA) is 60.2 Å². The molecule has 0 radical (unpaired) electrons. The van der Waals surface area contributed by atoms with Gasteiger partial charge in [-0.1, -0.05) is 11.8 Å². The molecule has 0 N–H and O–H groups in total. The molecular formula is C19H25FN4O2S. The summed E-state index contributed by atoms with van der Waals surface area (Å²) in [6, 6.07) is 6.34. The second-order valence-electron chi connectivity index (χ2n) is 6.57. The van der Waals surface area contributed by atoms with Crippen molar-refractivity contribution in [3.05, 3.63) is 30.1 Å². The van der Waals surface area contributed by atoms with Gasteiger partial charge in [0.15, 0.2) is 11.0 Å². The van der Waals surface area contributed by atoms with Crippen LogP contribution in [0.15, 0.2) is 29.4 Å². The van der Waals surface area contributed by atoms with Gasteiger partial charge >= 0.3 is 0 Å². The number of halogens is 1. The molecule has 8 heteroatoms. The normalized spacial score (nSPS) is 15.2. The highest BCUT2D eigenvalue weighted by atomic mass is 32.2. The monoisotopic (exact) mass is 392 g/mol. The van der Waals surface area contributed by atoms with Crippen LogP contribution in [0.3, 0.4) is 0 Å². The fourth-order valence-electron chi connectivity index (χ4n) is 2.96. The lowest BCUT2D eigenvalue weighted by molar-refractivity contribution is -0.117. The van der Waals surface area contributed by atoms with Crippen LogP contribution in [0.5, 0.6) is 0 Å². The summed E-state index contributed by atoms with van der Waals surface area (Å²) in [4.78, 5) is 13.5. The Morgan fingerprint density at radius 2 is 1.93 bits per heavy atom. The molecule has 6 nitrogen and oxygen atoms in total. The zero-order valence-electron chi connectivity index (χ0n) is 15.6. The summed E-state index contributed by atoms with van der Waals surface area (Å²) in [7, 11) is 0. The molecule has 0 unspecified atom stereocenters. The zero-order valence-corrected chi connectivity index (χ0v) is 16.4. The zero-order chi connectivity index (χ0) is 19.1. The molecule has 1 aromatic carbocycles. The van der Waals surface area contributed by atoms with Crippen molar-refractivity contribution >= 4 is 17.5 Å². The third-order valence-electron chi connectivity index (χ3n) is 4.47. The molecule has 1 fully saturated rings. The van der Waals surface area contributed by atoms with E-state index in [1.165, 1.54) is 12.1 Å². The molecule has 27 heavy (non-hydrogen) atoms. The molecule has 1 aliphatic heterocycles. The highest BCUT2D eigenvalue weighted by Gasteiger charge is 2.17. The first-order chi connectivity index (χ1) is 13.1. The molecule has 146 valence electrons. The van der Waals surface area contributed by atoms with E-state index >= 15 is 0 Å². The molecule has 0 aliphatic carbocycles. The molecule has 1 aromatic heterocycles. The molecule has 0 spiro atoms. The SMILES string of the molecule is CC(=O)CCCSc1nnc(-c2ccc(F)cc2)n1CCN1CCOCC1. The number of aromatic nitrogens is 3. The summed E-state index contributed by atoms with van der Waals surface area (Å²) < 4.78 is 20.8. The average Bonchev–Trinajstić information content (AvgIpc) is 3.07. The molecule has 3 rings (SSSR count). The maximum Gasteiger partial charge on any atom is 0.191 e. The summed E-state index contributed by atoms with van der Waals surface area (Å²) in [5.74, 6) is 1.50. The van der Waals surface area contributed by atoms with Crippen molar-refractivity contribution in [3.63, 3.8) is 0 Å². The first-order valence-corrected chi connectivity index (χ1v) is 10.2. The number of hydrogen-bond acceptors (Lipinski definition) is 6. The van der Waals surface area contributed by atoms with Crippen LogP contribution in [0.4, 0.5) is 4.39 Å². The maximum absolute atomic E-state index is 13.3. The van der Waals surface area contributed by atoms with Crippen LogP contribution in [0.2, 0.25) is 0 Å². The fraction of sp³-hybridized carbons (Fsp3) is 0.526. The van der Waals surface area contributed by atoms with E-state index in [2.05, 4.69) is 19.7 Å². The van der Waals surface area contributed by atoms with Gasteiger partial charge in [-0.2, -0.15) is 0 Å². The maximum atomic E-state index is 13.3. The van der Waals surface area contributed by atoms with Gasteiger partial charge in [-0.25, -0.2) is 4.39 Å². The van der Waals surface area contributed by atoms with E-state index in [1.54, 1.807) is 30.8 Å². The largest absolute Gasteiger partial charge is 0.379 e. The number of morpholine rings is 1. The smallest absolute Gasteiger partial charge is 0.191 e. The van der Waals surface area contributed by atoms with Gasteiger partial charge in [0.1, 0.15) is 11.6 Å². The van der Waals surface area contributed by atoms with Crippen molar-refractivity contribution < 1.29 is 13.9 Å². The predicted octanol–water partition coefficient (Wildman–Crippen LogP) is 2.88. The third kappa shape index (κ3) is 5.85. The van der Waals surface area contributed by atoms with Gasteiger partial charge in [-0.05, 0) is 37.6 Å². The minimum atomic E-state index is -0.267. The quantitative estimate of drug-likeness (QED) is 0.483. The minimum absolute atomic E-state index is 0.205. The Balaban J connectivity index is 1.73. The van der Waals surface area contributed by atoms with Gasteiger partial charge in [0.2, 0.25) is 0 Å². The summed E-state index contributed by atoms with van der Waals surface area (Å²) in [6.45, 7) is 6.64. The van der Waals surface area contributed by atoms with E-state index < -0.39 is 0 Å². The molecule has 0 amide bonds. The summed E-state index contributed by atoms with van der Waals surface area (Å²) in [5.41, 5.74) is 0.849. The number of thioether (sulfide) groups is 1. The van der Waals surface area contributed by atoms with Gasteiger partial charge in [-0.15, -0.1) is 10.2 Å². The second-order valence-corrected chi connectivity index (χ2v) is 7.63. The van der Waals surface area contributed by atoms with Gasteiger partial charge in [-0.3, -0.25) is 4.90 Å². The summed E-state index contributed by atoms with van der Waals surface area (Å²) in [6.07, 6.45) is 1.40. The number of carbonyl (C=O) groups excluding carboxylic acids is 1. The lowest BCUT2D eigenvalue weighted by atomic mass is 10.2. The molecular weight excluding hydrogens is 367 g/mol. The van der Waals surface area contributed by atoms with E-state index in [9.17, 15) is 9.18 Å². The Kier molecular flexibility index (Phi) is 7.37. The molecule has 2 heterocycles. The van der Waals surface area contributed by atoms with Crippen molar-refractivity contribution in [3.8, 4) is 11.4 Å². The Hall–Kier alpha value is -1.77. The van der Waals surface area contributed by atoms with Crippen molar-refractivity contribution in [2.75, 3.05) is 38.6 Å². The molecule has 1 aliphatic rings. The first kappa shape index (κ1) is 20.0. The number of nitrogens with zero attached hydrogens (tertiary/aromatic N) is 4. The number of rotatable bonds is 9. The van der Waals surface area contributed by atoms with E-state index in [4.69, 9.17) is 4.74 Å². The van der Waals surface area contributed by atoms with Crippen molar-refractivity contribution in [1.29, 1.82) is 0 Å². The second kappa shape index (κ2) is 9.96. The van der Waals surface area contributed by atoms with Gasteiger partial charge in [0.05, 0.1) is 13.2 Å². The molecule has 0 bridgehead atoms. The van der Waals surface area contributed by atoms with Crippen LogP contribution >= 0.6 is 11.8 Å². The Bertz CT molecular complexity index is 745. The number of hydrogen-bond donors (Lipinski definition) is 0. The van der Waals surface area contributed by atoms with Crippen LogP contribution in [0.1, 0.15) is 19.8 Å². The molecule has 2 aromatic rings. The summed E-state index contributed by atoms with van der Waals surface area (Å²) >= 11 is 1.61. The lowest BCUT2D eigenvalue weighted by Gasteiger charge is -2.27. The lowest BCUT2D eigenvalue weighted by Crippen LogP contribution is -2.38. The third-order valence-corrected chi connectivity index (χ3v) is 5.52. The number of ether oxygens (including phenoxy) is 1. The number of carbonyl (C=O) groups is 1. The Morgan fingerprint density at radius 1 is 1.19 bits per heavy atom. The first-order valence-electron chi connectivity index (χ1n) is 9.25. The molecule has 0 saturated carbocycles. The average molecular weight is 393 g/mol.